The summed E-state index contributed by atoms with van der Waals surface area (Å²) in [5.41, 5.74) is 1.34. The molecular formula is C14H20INO3. The summed E-state index contributed by atoms with van der Waals surface area (Å²) >= 11 is 2.03. The molecule has 0 aliphatic carbocycles. The molecular weight excluding hydrogens is 357 g/mol. The van der Waals surface area contributed by atoms with Gasteiger partial charge in [0.25, 0.3) is 0 Å². The Morgan fingerprint density at radius 1 is 1.42 bits per heavy atom. The van der Waals surface area contributed by atoms with Crippen molar-refractivity contribution in [3.8, 4) is 0 Å². The van der Waals surface area contributed by atoms with Crippen LogP contribution in [-0.4, -0.2) is 23.4 Å². The highest BCUT2D eigenvalue weighted by molar-refractivity contribution is 14.1. The van der Waals surface area contributed by atoms with Crippen LogP contribution in [0.3, 0.4) is 0 Å². The van der Waals surface area contributed by atoms with Crippen LogP contribution in [0.4, 0.5) is 4.79 Å². The molecule has 0 bridgehead atoms. The van der Waals surface area contributed by atoms with Crippen molar-refractivity contribution in [2.45, 2.75) is 36.8 Å². The van der Waals surface area contributed by atoms with Crippen LogP contribution in [0.15, 0.2) is 24.3 Å². The van der Waals surface area contributed by atoms with Crippen molar-refractivity contribution in [3.63, 3.8) is 0 Å². The number of halogens is 1. The zero-order valence-corrected chi connectivity index (χ0v) is 13.8. The number of alkyl halides is 1. The number of benzene rings is 1. The van der Waals surface area contributed by atoms with Crippen molar-refractivity contribution in [3.05, 3.63) is 35.4 Å². The zero-order chi connectivity index (χ0) is 14.7. The molecule has 2 N–H and O–H groups in total. The number of nitrogens with one attached hydrogen (secondary N) is 1. The van der Waals surface area contributed by atoms with Crippen LogP contribution in [0.5, 0.6) is 0 Å². The molecule has 0 spiro atoms. The highest BCUT2D eigenvalue weighted by Crippen LogP contribution is 2.29. The molecule has 1 aromatic carbocycles. The first kappa shape index (κ1) is 16.2. The van der Waals surface area contributed by atoms with Crippen molar-refractivity contribution in [1.29, 1.82) is 0 Å². The summed E-state index contributed by atoms with van der Waals surface area (Å²) in [6, 6.07) is 7.66. The molecule has 4 nitrogen and oxygen atoms in total. The third-order valence-electron chi connectivity index (χ3n) is 2.39. The number of alkyl carbamates (subject to hydrolysis) is 1. The van der Waals surface area contributed by atoms with E-state index >= 15 is 0 Å². The molecule has 0 heterocycles. The lowest BCUT2D eigenvalue weighted by molar-refractivity contribution is 0.0473. The smallest absolute Gasteiger partial charge is 0.409 e. The Morgan fingerprint density at radius 2 is 2.05 bits per heavy atom. The highest BCUT2D eigenvalue weighted by Gasteiger charge is 2.32. The maximum absolute atomic E-state index is 11.8. The van der Waals surface area contributed by atoms with E-state index in [9.17, 15) is 9.90 Å². The van der Waals surface area contributed by atoms with Crippen LogP contribution in [-0.2, 0) is 8.28 Å². The van der Waals surface area contributed by atoms with E-state index in [0.29, 0.717) is 0 Å². The number of ether oxygens (including phenoxy) is 1. The Morgan fingerprint density at radius 3 is 2.53 bits per heavy atom. The molecule has 0 aliphatic rings. The number of aryl methyl sites for hydroxylation is 1. The van der Waals surface area contributed by atoms with E-state index in [-0.39, 0.29) is 6.61 Å². The van der Waals surface area contributed by atoms with Crippen molar-refractivity contribution >= 4 is 28.7 Å². The number of aliphatic hydroxyl groups excluding tert-OH is 1. The molecule has 1 atom stereocenters. The third-order valence-corrected chi connectivity index (χ3v) is 3.63. The quantitative estimate of drug-likeness (QED) is 0.484. The normalized spacial score (nSPS) is 14.6. The molecule has 1 aromatic rings. The number of hydrogen-bond donors (Lipinski definition) is 2. The number of amides is 1. The topological polar surface area (TPSA) is 58.6 Å². The second-order valence-corrected chi connectivity index (χ2v) is 7.30. The fourth-order valence-electron chi connectivity index (χ4n) is 1.56. The fraction of sp³-hybridized carbons (Fsp3) is 0.500. The van der Waals surface area contributed by atoms with Crippen molar-refractivity contribution in [2.75, 3.05) is 6.61 Å². The van der Waals surface area contributed by atoms with Gasteiger partial charge in [0.05, 0.1) is 6.61 Å². The van der Waals surface area contributed by atoms with Crippen molar-refractivity contribution in [1.82, 2.24) is 5.32 Å². The van der Waals surface area contributed by atoms with E-state index in [1.54, 1.807) is 20.8 Å². The van der Waals surface area contributed by atoms with Gasteiger partial charge in [0.1, 0.15) is 9.15 Å². The number of carbonyl (C=O) groups excluding carboxylic acids is 1. The monoisotopic (exact) mass is 377 g/mol. The molecule has 1 amide bonds. The van der Waals surface area contributed by atoms with E-state index in [1.165, 1.54) is 0 Å². The van der Waals surface area contributed by atoms with Crippen LogP contribution in [0.1, 0.15) is 31.9 Å². The lowest BCUT2D eigenvalue weighted by Gasteiger charge is -2.29. The fourth-order valence-corrected chi connectivity index (χ4v) is 2.12. The molecule has 0 radical (unpaired) electrons. The maximum atomic E-state index is 11.8. The molecule has 0 aromatic heterocycles. The minimum Gasteiger partial charge on any atom is -0.444 e. The average Bonchev–Trinajstić information content (AvgIpc) is 2.26. The van der Waals surface area contributed by atoms with E-state index in [2.05, 4.69) is 5.32 Å². The Balaban J connectivity index is 2.90. The third kappa shape index (κ3) is 4.99. The Bertz CT molecular complexity index is 456. The zero-order valence-electron chi connectivity index (χ0n) is 11.7. The average molecular weight is 377 g/mol. The van der Waals surface area contributed by atoms with Gasteiger partial charge in [0, 0.05) is 0 Å². The highest BCUT2D eigenvalue weighted by atomic mass is 127. The Kier molecular flexibility index (Phi) is 5.20. The first-order valence-electron chi connectivity index (χ1n) is 6.04. The molecule has 0 saturated carbocycles. The lowest BCUT2D eigenvalue weighted by Crippen LogP contribution is -2.46. The van der Waals surface area contributed by atoms with Crippen LogP contribution in [0, 0.1) is 6.92 Å². The molecule has 0 aliphatic heterocycles. The van der Waals surface area contributed by atoms with Crippen LogP contribution >= 0.6 is 22.6 Å². The van der Waals surface area contributed by atoms with E-state index in [4.69, 9.17) is 4.74 Å². The van der Waals surface area contributed by atoms with Gasteiger partial charge in [-0.1, -0.05) is 29.8 Å². The molecule has 0 fully saturated rings. The van der Waals surface area contributed by atoms with Gasteiger partial charge < -0.3 is 15.2 Å². The van der Waals surface area contributed by atoms with Gasteiger partial charge in [-0.25, -0.2) is 4.79 Å². The number of hydrogen-bond acceptors (Lipinski definition) is 3. The molecule has 1 rings (SSSR count). The minimum absolute atomic E-state index is 0.212. The largest absolute Gasteiger partial charge is 0.444 e. The predicted octanol–water partition coefficient (Wildman–Crippen LogP) is 3.10. The van der Waals surface area contributed by atoms with Crippen LogP contribution < -0.4 is 5.32 Å². The molecule has 0 unspecified atom stereocenters. The van der Waals surface area contributed by atoms with Gasteiger partial charge in [0.2, 0.25) is 0 Å². The van der Waals surface area contributed by atoms with E-state index in [0.717, 1.165) is 11.1 Å². The summed E-state index contributed by atoms with van der Waals surface area (Å²) in [6.07, 6.45) is -0.544. The van der Waals surface area contributed by atoms with E-state index in [1.807, 2.05) is 53.8 Å². The first-order valence-corrected chi connectivity index (χ1v) is 7.12. The summed E-state index contributed by atoms with van der Waals surface area (Å²) in [4.78, 5) is 11.8. The predicted molar refractivity (Wildman–Crippen MR) is 83.3 cm³/mol. The second-order valence-electron chi connectivity index (χ2n) is 5.46. The number of carbonyl (C=O) groups is 1. The molecule has 5 heteroatoms. The summed E-state index contributed by atoms with van der Waals surface area (Å²) in [5.74, 6) is 0. The van der Waals surface area contributed by atoms with Gasteiger partial charge >= 0.3 is 6.09 Å². The maximum Gasteiger partial charge on any atom is 0.409 e. The Labute approximate surface area is 127 Å². The van der Waals surface area contributed by atoms with Crippen molar-refractivity contribution < 1.29 is 14.6 Å². The first-order chi connectivity index (χ1) is 8.66. The number of aliphatic hydroxyl groups is 1. The standard InChI is InChI=1S/C14H20INO3/c1-10-6-5-7-11(8-10)14(15,9-17)16-12(18)19-13(2,3)4/h5-8,17H,9H2,1-4H3,(H,16,18)/t14-/m1/s1. The second kappa shape index (κ2) is 6.09. The Hall–Kier alpha value is -0.820. The van der Waals surface area contributed by atoms with Gasteiger partial charge in [0.15, 0.2) is 0 Å². The lowest BCUT2D eigenvalue weighted by atomic mass is 10.1. The molecule has 19 heavy (non-hydrogen) atoms. The number of rotatable bonds is 3. The van der Waals surface area contributed by atoms with Gasteiger partial charge in [-0.2, -0.15) is 0 Å². The van der Waals surface area contributed by atoms with E-state index < -0.39 is 15.2 Å². The SMILES string of the molecule is Cc1cccc([C@@](I)(CO)NC(=O)OC(C)(C)C)c1. The summed E-state index contributed by atoms with van der Waals surface area (Å²) in [5, 5.41) is 12.3. The molecule has 0 saturated heterocycles. The summed E-state index contributed by atoms with van der Waals surface area (Å²) in [6.45, 7) is 7.15. The van der Waals surface area contributed by atoms with Crippen LogP contribution in [0.2, 0.25) is 0 Å². The van der Waals surface area contributed by atoms with Crippen molar-refractivity contribution in [2.24, 2.45) is 0 Å². The van der Waals surface area contributed by atoms with Gasteiger partial charge in [-0.05, 0) is 55.8 Å². The van der Waals surface area contributed by atoms with Crippen LogP contribution in [0.25, 0.3) is 0 Å². The van der Waals surface area contributed by atoms with Gasteiger partial charge in [-0.15, -0.1) is 0 Å². The summed E-state index contributed by atoms with van der Waals surface area (Å²) < 4.78 is 4.34. The minimum atomic E-state index is -0.883. The summed E-state index contributed by atoms with van der Waals surface area (Å²) in [7, 11) is 0. The molecule has 106 valence electrons. The van der Waals surface area contributed by atoms with Gasteiger partial charge in [-0.3, -0.25) is 0 Å².